The lowest BCUT2D eigenvalue weighted by Crippen LogP contribution is -2.32. The average molecular weight is 250 g/mol. The molecule has 15 heavy (non-hydrogen) atoms. The van der Waals surface area contributed by atoms with Gasteiger partial charge in [-0.15, -0.1) is 0 Å². The van der Waals surface area contributed by atoms with Gasteiger partial charge in [0.2, 0.25) is 8.11 Å². The van der Waals surface area contributed by atoms with E-state index in [0.717, 1.165) is 10.2 Å². The maximum absolute atomic E-state index is 6.50. The SMILES string of the molecule is Clc1cccc2c1[Si](Cl)c1ccccc1-2. The Labute approximate surface area is 99.8 Å². The first kappa shape index (κ1) is 9.46. The zero-order valence-electron chi connectivity index (χ0n) is 7.80. The molecule has 0 atom stereocenters. The fraction of sp³-hybridized carbons (Fsp3) is 0. The Morgan fingerprint density at radius 3 is 2.47 bits per heavy atom. The summed E-state index contributed by atoms with van der Waals surface area (Å²) in [6.45, 7) is 0. The molecule has 1 radical (unpaired) electrons. The van der Waals surface area contributed by atoms with Crippen molar-refractivity contribution in [3.8, 4) is 11.1 Å². The van der Waals surface area contributed by atoms with E-state index in [2.05, 4.69) is 18.2 Å². The van der Waals surface area contributed by atoms with Crippen molar-refractivity contribution in [3.05, 3.63) is 47.5 Å². The molecular formula is C12H7Cl2Si. The Morgan fingerprint density at radius 1 is 0.867 bits per heavy atom. The largest absolute Gasteiger partial charge is 0.236 e. The zero-order valence-corrected chi connectivity index (χ0v) is 10.3. The van der Waals surface area contributed by atoms with E-state index in [4.69, 9.17) is 22.7 Å². The molecule has 0 aromatic heterocycles. The van der Waals surface area contributed by atoms with Crippen molar-refractivity contribution in [1.29, 1.82) is 0 Å². The summed E-state index contributed by atoms with van der Waals surface area (Å²) < 4.78 is 0. The van der Waals surface area contributed by atoms with Gasteiger partial charge in [-0.3, -0.25) is 0 Å². The van der Waals surface area contributed by atoms with E-state index in [0.29, 0.717) is 0 Å². The summed E-state index contributed by atoms with van der Waals surface area (Å²) in [6, 6.07) is 14.3. The number of fused-ring (bicyclic) bond motifs is 3. The number of benzene rings is 2. The second-order valence-corrected chi connectivity index (χ2v) is 6.73. The molecule has 0 spiro atoms. The molecule has 1 heterocycles. The highest BCUT2D eigenvalue weighted by Gasteiger charge is 2.30. The van der Waals surface area contributed by atoms with E-state index >= 15 is 0 Å². The number of halogens is 2. The first-order valence-electron chi connectivity index (χ1n) is 4.70. The molecule has 2 aromatic carbocycles. The van der Waals surface area contributed by atoms with Crippen molar-refractivity contribution in [2.24, 2.45) is 0 Å². The first-order chi connectivity index (χ1) is 7.29. The third-order valence-corrected chi connectivity index (χ3v) is 6.22. The van der Waals surface area contributed by atoms with Crippen LogP contribution in [0.3, 0.4) is 0 Å². The smallest absolute Gasteiger partial charge is 0.156 e. The standard InChI is InChI=1S/C12H7Cl2Si/c13-10-6-3-5-9-8-4-1-2-7-11(8)15(14)12(9)10/h1-7H. The quantitative estimate of drug-likeness (QED) is 0.498. The Bertz CT molecular complexity index is 537. The molecule has 2 aromatic rings. The molecule has 3 rings (SSSR count). The van der Waals surface area contributed by atoms with Crippen LogP contribution in [0.4, 0.5) is 0 Å². The molecule has 0 N–H and O–H groups in total. The lowest BCUT2D eigenvalue weighted by molar-refractivity contribution is 1.71. The molecule has 0 nitrogen and oxygen atoms in total. The fourth-order valence-electron chi connectivity index (χ4n) is 2.02. The van der Waals surface area contributed by atoms with Crippen LogP contribution in [0.5, 0.6) is 0 Å². The minimum Gasteiger partial charge on any atom is -0.156 e. The zero-order chi connectivity index (χ0) is 10.4. The van der Waals surface area contributed by atoms with Gasteiger partial charge in [0.05, 0.1) is 0 Å². The summed E-state index contributed by atoms with van der Waals surface area (Å²) in [7, 11) is -1.16. The molecule has 0 amide bonds. The van der Waals surface area contributed by atoms with Gasteiger partial charge in [-0.05, 0) is 27.6 Å². The van der Waals surface area contributed by atoms with Crippen LogP contribution in [0.25, 0.3) is 11.1 Å². The van der Waals surface area contributed by atoms with E-state index in [1.807, 2.05) is 24.3 Å². The summed E-state index contributed by atoms with van der Waals surface area (Å²) >= 11 is 12.7. The number of hydrogen-bond acceptors (Lipinski definition) is 0. The van der Waals surface area contributed by atoms with E-state index in [1.54, 1.807) is 0 Å². The summed E-state index contributed by atoms with van der Waals surface area (Å²) in [5.74, 6) is 0. The molecule has 0 fully saturated rings. The minimum absolute atomic E-state index is 0.799. The van der Waals surface area contributed by atoms with Gasteiger partial charge >= 0.3 is 0 Å². The van der Waals surface area contributed by atoms with Gasteiger partial charge < -0.3 is 0 Å². The van der Waals surface area contributed by atoms with Crippen LogP contribution in [0.1, 0.15) is 0 Å². The van der Waals surface area contributed by atoms with E-state index in [-0.39, 0.29) is 0 Å². The molecule has 0 bridgehead atoms. The molecule has 1 aliphatic rings. The van der Waals surface area contributed by atoms with Crippen molar-refractivity contribution in [3.63, 3.8) is 0 Å². The lowest BCUT2D eigenvalue weighted by atomic mass is 10.1. The third kappa shape index (κ3) is 1.27. The molecule has 0 unspecified atom stereocenters. The van der Waals surface area contributed by atoms with Gasteiger partial charge in [0, 0.05) is 5.02 Å². The summed E-state index contributed by atoms with van der Waals surface area (Å²) in [5, 5.41) is 3.20. The highest BCUT2D eigenvalue weighted by atomic mass is 35.6. The molecule has 0 saturated carbocycles. The van der Waals surface area contributed by atoms with Gasteiger partial charge in [0.15, 0.2) is 0 Å². The Morgan fingerprint density at radius 2 is 1.60 bits per heavy atom. The van der Waals surface area contributed by atoms with Gasteiger partial charge in [0.25, 0.3) is 0 Å². The van der Waals surface area contributed by atoms with Crippen LogP contribution in [0.2, 0.25) is 5.02 Å². The number of hydrogen-bond donors (Lipinski definition) is 0. The highest BCUT2D eigenvalue weighted by molar-refractivity contribution is 7.23. The Balaban J connectivity index is 2.37. The summed E-state index contributed by atoms with van der Waals surface area (Å²) in [5.41, 5.74) is 2.46. The van der Waals surface area contributed by atoms with Crippen molar-refractivity contribution in [2.75, 3.05) is 0 Å². The van der Waals surface area contributed by atoms with Crippen LogP contribution in [-0.4, -0.2) is 8.11 Å². The van der Waals surface area contributed by atoms with E-state index in [1.165, 1.54) is 16.3 Å². The van der Waals surface area contributed by atoms with Crippen LogP contribution < -0.4 is 10.4 Å². The van der Waals surface area contributed by atoms with Crippen LogP contribution >= 0.6 is 22.7 Å². The van der Waals surface area contributed by atoms with Gasteiger partial charge in [-0.2, -0.15) is 11.1 Å². The molecule has 0 saturated heterocycles. The molecule has 3 heteroatoms. The van der Waals surface area contributed by atoms with Gasteiger partial charge in [-0.25, -0.2) is 0 Å². The van der Waals surface area contributed by atoms with E-state index < -0.39 is 8.11 Å². The normalized spacial score (nSPS) is 13.7. The summed E-state index contributed by atoms with van der Waals surface area (Å²) in [4.78, 5) is 0. The summed E-state index contributed by atoms with van der Waals surface area (Å²) in [6.07, 6.45) is 0. The topological polar surface area (TPSA) is 0 Å². The maximum atomic E-state index is 6.50. The Hall–Kier alpha value is -0.763. The predicted octanol–water partition coefficient (Wildman–Crippen LogP) is 2.66. The maximum Gasteiger partial charge on any atom is 0.236 e. The molecule has 0 aliphatic carbocycles. The average Bonchev–Trinajstić information content (AvgIpc) is 2.55. The fourth-order valence-corrected chi connectivity index (χ4v) is 5.44. The monoisotopic (exact) mass is 249 g/mol. The third-order valence-electron chi connectivity index (χ3n) is 2.69. The van der Waals surface area contributed by atoms with E-state index in [9.17, 15) is 0 Å². The predicted molar refractivity (Wildman–Crippen MR) is 67.8 cm³/mol. The minimum atomic E-state index is -1.16. The van der Waals surface area contributed by atoms with Crippen molar-refractivity contribution in [2.45, 2.75) is 0 Å². The van der Waals surface area contributed by atoms with Crippen LogP contribution in [0.15, 0.2) is 42.5 Å². The van der Waals surface area contributed by atoms with Crippen LogP contribution in [0, 0.1) is 0 Å². The first-order valence-corrected chi connectivity index (χ1v) is 7.59. The lowest BCUT2D eigenvalue weighted by Gasteiger charge is -2.03. The number of rotatable bonds is 0. The second kappa shape index (κ2) is 3.37. The van der Waals surface area contributed by atoms with Crippen LogP contribution in [-0.2, 0) is 0 Å². The molecular weight excluding hydrogens is 243 g/mol. The van der Waals surface area contributed by atoms with Crippen molar-refractivity contribution < 1.29 is 0 Å². The molecule has 73 valence electrons. The second-order valence-electron chi connectivity index (χ2n) is 3.52. The highest BCUT2D eigenvalue weighted by Crippen LogP contribution is 2.26. The van der Waals surface area contributed by atoms with Crippen molar-refractivity contribution >= 4 is 41.2 Å². The van der Waals surface area contributed by atoms with Gasteiger partial charge in [-0.1, -0.05) is 48.0 Å². The van der Waals surface area contributed by atoms with Gasteiger partial charge in [0.1, 0.15) is 0 Å². The van der Waals surface area contributed by atoms with Crippen molar-refractivity contribution in [1.82, 2.24) is 0 Å². The molecule has 1 aliphatic heterocycles. The Kier molecular flexibility index (Phi) is 2.13.